The summed E-state index contributed by atoms with van der Waals surface area (Å²) in [6.07, 6.45) is 3.49. The van der Waals surface area contributed by atoms with Crippen molar-refractivity contribution in [3.05, 3.63) is 51.0 Å². The normalized spacial score (nSPS) is 12.6. The molecule has 1 N–H and O–H groups in total. The first-order valence-corrected chi connectivity index (χ1v) is 8.06. The first kappa shape index (κ1) is 16.5. The lowest BCUT2D eigenvalue weighted by atomic mass is 10.0. The summed E-state index contributed by atoms with van der Waals surface area (Å²) < 4.78 is 16.1. The zero-order chi connectivity index (χ0) is 15.4. The van der Waals surface area contributed by atoms with E-state index in [1.54, 1.807) is 6.07 Å². The van der Waals surface area contributed by atoms with Crippen LogP contribution in [0.3, 0.4) is 0 Å². The highest BCUT2D eigenvalue weighted by Gasteiger charge is 2.20. The molecule has 2 rings (SSSR count). The second kappa shape index (κ2) is 7.38. The van der Waals surface area contributed by atoms with Crippen molar-refractivity contribution in [3.63, 3.8) is 0 Å². The Balaban J connectivity index is 2.29. The fourth-order valence-electron chi connectivity index (χ4n) is 2.35. The lowest BCUT2D eigenvalue weighted by Gasteiger charge is -2.19. The summed E-state index contributed by atoms with van der Waals surface area (Å²) >= 11 is 9.69. The number of benzene rings is 1. The first-order chi connectivity index (χ1) is 10.1. The summed E-state index contributed by atoms with van der Waals surface area (Å²) in [5, 5.41) is 8.13. The maximum absolute atomic E-state index is 13.1. The van der Waals surface area contributed by atoms with Crippen molar-refractivity contribution in [1.29, 1.82) is 0 Å². The standard InChI is InChI=1S/C15H18BrClFN3/c1-3-6-21-15(12(16)9-20-21)14(19-2)7-10-4-5-11(18)8-13(10)17/h4-5,8-9,14,19H,3,6-7H2,1-2H3. The Morgan fingerprint density at radius 2 is 2.24 bits per heavy atom. The lowest BCUT2D eigenvalue weighted by Crippen LogP contribution is -2.23. The molecule has 1 atom stereocenters. The zero-order valence-corrected chi connectivity index (χ0v) is 14.4. The molecular weight excluding hydrogens is 357 g/mol. The average molecular weight is 375 g/mol. The van der Waals surface area contributed by atoms with Crippen LogP contribution in [0.1, 0.15) is 30.6 Å². The van der Waals surface area contributed by atoms with E-state index in [0.717, 1.165) is 28.7 Å². The van der Waals surface area contributed by atoms with Gasteiger partial charge in [0, 0.05) is 11.6 Å². The van der Waals surface area contributed by atoms with E-state index in [4.69, 9.17) is 11.6 Å². The van der Waals surface area contributed by atoms with Gasteiger partial charge < -0.3 is 5.32 Å². The molecule has 0 radical (unpaired) electrons. The number of rotatable bonds is 6. The van der Waals surface area contributed by atoms with E-state index in [1.165, 1.54) is 12.1 Å². The average Bonchev–Trinajstić information content (AvgIpc) is 2.80. The molecule has 1 unspecified atom stereocenters. The molecule has 0 fully saturated rings. The van der Waals surface area contributed by atoms with Gasteiger partial charge >= 0.3 is 0 Å². The molecule has 6 heteroatoms. The van der Waals surface area contributed by atoms with Crippen molar-refractivity contribution >= 4 is 27.5 Å². The monoisotopic (exact) mass is 373 g/mol. The summed E-state index contributed by atoms with van der Waals surface area (Å²) in [7, 11) is 1.90. The van der Waals surface area contributed by atoms with E-state index < -0.39 is 0 Å². The molecule has 1 aromatic heterocycles. The van der Waals surface area contributed by atoms with Crippen molar-refractivity contribution in [1.82, 2.24) is 15.1 Å². The van der Waals surface area contributed by atoms with Crippen molar-refractivity contribution in [2.75, 3.05) is 7.05 Å². The van der Waals surface area contributed by atoms with Gasteiger partial charge in [0.1, 0.15) is 5.82 Å². The molecule has 0 spiro atoms. The molecule has 0 saturated carbocycles. The Labute approximate surface area is 137 Å². The number of nitrogens with zero attached hydrogens (tertiary/aromatic N) is 2. The fraction of sp³-hybridized carbons (Fsp3) is 0.400. The molecule has 0 bridgehead atoms. The van der Waals surface area contributed by atoms with E-state index in [1.807, 2.05) is 17.9 Å². The van der Waals surface area contributed by atoms with Gasteiger partial charge in [0.15, 0.2) is 0 Å². The summed E-state index contributed by atoms with van der Waals surface area (Å²) in [5.74, 6) is -0.318. The van der Waals surface area contributed by atoms with Crippen LogP contribution in [0.4, 0.5) is 4.39 Å². The lowest BCUT2D eigenvalue weighted by molar-refractivity contribution is 0.495. The third-order valence-corrected chi connectivity index (χ3v) is 4.35. The highest BCUT2D eigenvalue weighted by Crippen LogP contribution is 2.28. The Morgan fingerprint density at radius 1 is 1.48 bits per heavy atom. The number of aromatic nitrogens is 2. The molecule has 0 amide bonds. The van der Waals surface area contributed by atoms with Crippen LogP contribution >= 0.6 is 27.5 Å². The molecule has 0 saturated heterocycles. The zero-order valence-electron chi connectivity index (χ0n) is 12.0. The second-order valence-electron chi connectivity index (χ2n) is 4.88. The van der Waals surface area contributed by atoms with Gasteiger partial charge in [-0.25, -0.2) is 4.39 Å². The molecule has 0 aliphatic heterocycles. The van der Waals surface area contributed by atoms with Crippen LogP contribution in [0.15, 0.2) is 28.9 Å². The number of aryl methyl sites for hydroxylation is 1. The Hall–Kier alpha value is -0.910. The van der Waals surface area contributed by atoms with Crippen molar-refractivity contribution < 1.29 is 4.39 Å². The minimum atomic E-state index is -0.318. The van der Waals surface area contributed by atoms with Crippen LogP contribution in [0, 0.1) is 5.82 Å². The van der Waals surface area contributed by atoms with Crippen LogP contribution in [0.25, 0.3) is 0 Å². The fourth-order valence-corrected chi connectivity index (χ4v) is 3.17. The highest BCUT2D eigenvalue weighted by molar-refractivity contribution is 9.10. The van der Waals surface area contributed by atoms with Gasteiger partial charge in [-0.2, -0.15) is 5.10 Å². The molecule has 1 aromatic carbocycles. The Bertz CT molecular complexity index is 615. The first-order valence-electron chi connectivity index (χ1n) is 6.89. The number of hydrogen-bond donors (Lipinski definition) is 1. The van der Waals surface area contributed by atoms with E-state index in [9.17, 15) is 4.39 Å². The minimum Gasteiger partial charge on any atom is -0.311 e. The van der Waals surface area contributed by atoms with Gasteiger partial charge in [0.2, 0.25) is 0 Å². The van der Waals surface area contributed by atoms with Gasteiger partial charge in [-0.05, 0) is 53.5 Å². The number of halogens is 3. The molecule has 0 aliphatic carbocycles. The summed E-state index contributed by atoms with van der Waals surface area (Å²) in [6, 6.07) is 4.57. The van der Waals surface area contributed by atoms with Gasteiger partial charge in [0.25, 0.3) is 0 Å². The highest BCUT2D eigenvalue weighted by atomic mass is 79.9. The maximum atomic E-state index is 13.1. The molecular formula is C15H18BrClFN3. The van der Waals surface area contributed by atoms with E-state index in [-0.39, 0.29) is 11.9 Å². The van der Waals surface area contributed by atoms with E-state index in [0.29, 0.717) is 11.4 Å². The van der Waals surface area contributed by atoms with Crippen LogP contribution in [-0.4, -0.2) is 16.8 Å². The number of hydrogen-bond acceptors (Lipinski definition) is 2. The SMILES string of the molecule is CCCn1ncc(Br)c1C(Cc1ccc(F)cc1Cl)NC. The third-order valence-electron chi connectivity index (χ3n) is 3.39. The second-order valence-corrected chi connectivity index (χ2v) is 6.14. The van der Waals surface area contributed by atoms with Crippen LogP contribution in [0.2, 0.25) is 5.02 Å². The molecule has 3 nitrogen and oxygen atoms in total. The molecule has 0 aliphatic rings. The summed E-state index contributed by atoms with van der Waals surface area (Å²) in [5.41, 5.74) is 1.99. The predicted molar refractivity (Wildman–Crippen MR) is 87.1 cm³/mol. The van der Waals surface area contributed by atoms with Crippen LogP contribution in [-0.2, 0) is 13.0 Å². The number of nitrogens with one attached hydrogen (secondary N) is 1. The maximum Gasteiger partial charge on any atom is 0.124 e. The van der Waals surface area contributed by atoms with Crippen molar-refractivity contribution in [2.45, 2.75) is 32.4 Å². The number of likely N-dealkylation sites (N-methyl/N-ethyl adjacent to an activating group) is 1. The Kier molecular flexibility index (Phi) is 5.79. The Morgan fingerprint density at radius 3 is 2.86 bits per heavy atom. The van der Waals surface area contributed by atoms with Gasteiger partial charge in [-0.1, -0.05) is 24.6 Å². The molecule has 2 aromatic rings. The van der Waals surface area contributed by atoms with E-state index in [2.05, 4.69) is 33.3 Å². The molecule has 21 heavy (non-hydrogen) atoms. The van der Waals surface area contributed by atoms with Crippen LogP contribution < -0.4 is 5.32 Å². The quantitative estimate of drug-likeness (QED) is 0.814. The smallest absolute Gasteiger partial charge is 0.124 e. The topological polar surface area (TPSA) is 29.9 Å². The van der Waals surface area contributed by atoms with Crippen molar-refractivity contribution in [2.24, 2.45) is 0 Å². The predicted octanol–water partition coefficient (Wildman–Crippen LogP) is 4.35. The van der Waals surface area contributed by atoms with E-state index >= 15 is 0 Å². The minimum absolute atomic E-state index is 0.0522. The third kappa shape index (κ3) is 3.84. The van der Waals surface area contributed by atoms with Gasteiger partial charge in [0.05, 0.1) is 22.4 Å². The van der Waals surface area contributed by atoms with Crippen molar-refractivity contribution in [3.8, 4) is 0 Å². The molecule has 1 heterocycles. The summed E-state index contributed by atoms with van der Waals surface area (Å²) in [6.45, 7) is 2.97. The van der Waals surface area contributed by atoms with Gasteiger partial charge in [-0.15, -0.1) is 0 Å². The van der Waals surface area contributed by atoms with Gasteiger partial charge in [-0.3, -0.25) is 4.68 Å². The largest absolute Gasteiger partial charge is 0.311 e. The summed E-state index contributed by atoms with van der Waals surface area (Å²) in [4.78, 5) is 0. The molecule has 114 valence electrons. The van der Waals surface area contributed by atoms with Crippen LogP contribution in [0.5, 0.6) is 0 Å².